The van der Waals surface area contributed by atoms with Gasteiger partial charge in [0.2, 0.25) is 0 Å². The predicted octanol–water partition coefficient (Wildman–Crippen LogP) is 5.23. The van der Waals surface area contributed by atoms with E-state index in [1.54, 1.807) is 0 Å². The van der Waals surface area contributed by atoms with Crippen LogP contribution >= 0.6 is 0 Å². The number of hydrogen-bond acceptors (Lipinski definition) is 3. The van der Waals surface area contributed by atoms with Crippen LogP contribution in [0.2, 0.25) is 0 Å². The van der Waals surface area contributed by atoms with Crippen molar-refractivity contribution in [3.05, 3.63) is 12.2 Å². The number of esters is 1. The molecule has 0 saturated heterocycles. The number of halogens is 15. The molecule has 0 fully saturated rings. The molecule has 1 unspecified atom stereocenters. The molecule has 1 N–H and O–H groups in total. The molecule has 3 nitrogen and oxygen atoms in total. The molecule has 0 spiro atoms. The average molecular weight is 512 g/mol. The number of ether oxygens (including phenoxy) is 1. The van der Waals surface area contributed by atoms with Gasteiger partial charge in [-0.15, -0.1) is 0 Å². The summed E-state index contributed by atoms with van der Waals surface area (Å²) >= 11 is 0. The third-order valence-electron chi connectivity index (χ3n) is 3.91. The third-order valence-corrected chi connectivity index (χ3v) is 3.91. The van der Waals surface area contributed by atoms with E-state index in [0.29, 0.717) is 7.11 Å². The molecular formula is C14H11F15O3. The molecule has 0 saturated carbocycles. The first kappa shape index (κ1) is 30.1. The van der Waals surface area contributed by atoms with Gasteiger partial charge in [-0.05, 0) is 0 Å². The van der Waals surface area contributed by atoms with Crippen LogP contribution in [0.25, 0.3) is 0 Å². The molecule has 0 aromatic rings. The highest BCUT2D eigenvalue weighted by Gasteiger charge is 2.95. The molecule has 0 amide bonds. The summed E-state index contributed by atoms with van der Waals surface area (Å²) in [4.78, 5) is 11.0. The lowest BCUT2D eigenvalue weighted by Crippen LogP contribution is -2.75. The maximum absolute atomic E-state index is 13.6. The summed E-state index contributed by atoms with van der Waals surface area (Å²) in [7, 11) is 0.676. The molecule has 1 atom stereocenters. The van der Waals surface area contributed by atoms with Gasteiger partial charge >= 0.3 is 47.7 Å². The number of aliphatic hydroxyl groups excluding tert-OH is 1. The third kappa shape index (κ3) is 4.59. The normalized spacial score (nSPS) is 16.0. The van der Waals surface area contributed by atoms with Gasteiger partial charge in [-0.1, -0.05) is 6.58 Å². The van der Waals surface area contributed by atoms with Crippen LogP contribution in [0, 0.1) is 0 Å². The number of carbonyl (C=O) groups is 1. The molecule has 0 radical (unpaired) electrons. The smallest absolute Gasteiger partial charge is 0.438 e. The van der Waals surface area contributed by atoms with E-state index in [2.05, 4.69) is 11.3 Å². The number of carbonyl (C=O) groups excluding carboxylic acids is 1. The van der Waals surface area contributed by atoms with Crippen LogP contribution in [-0.2, 0) is 9.53 Å². The highest BCUT2D eigenvalue weighted by atomic mass is 19.4. The Morgan fingerprint density at radius 3 is 1.47 bits per heavy atom. The molecule has 0 aliphatic heterocycles. The summed E-state index contributed by atoms with van der Waals surface area (Å²) in [6.45, 7) is 2.80. The zero-order valence-electron chi connectivity index (χ0n) is 15.1. The largest absolute Gasteiger partial charge is 0.466 e. The van der Waals surface area contributed by atoms with Crippen LogP contribution in [0.1, 0.15) is 12.8 Å². The summed E-state index contributed by atoms with van der Waals surface area (Å²) in [5.74, 6) is -32.7. The van der Waals surface area contributed by atoms with Crippen molar-refractivity contribution in [2.24, 2.45) is 0 Å². The Bertz CT molecular complexity index is 693. The lowest BCUT2D eigenvalue weighted by Gasteiger charge is -2.43. The standard InChI is InChI=1S/C14H11F15O3/c1-5(7(31)32-2)3-6(30)4-8(15,16)10(18,19)12(22,23)11(20,21)9(17,13(24,25)26)14(27,28)29/h6,30H,1,3-4H2,2H3. The number of hydrogen-bond donors (Lipinski definition) is 1. The lowest BCUT2D eigenvalue weighted by molar-refractivity contribution is -0.457. The summed E-state index contributed by atoms with van der Waals surface area (Å²) in [6, 6.07) is 0. The van der Waals surface area contributed by atoms with Gasteiger partial charge in [-0.2, -0.15) is 61.5 Å². The molecule has 18 heteroatoms. The van der Waals surface area contributed by atoms with Crippen molar-refractivity contribution in [1.29, 1.82) is 0 Å². The van der Waals surface area contributed by atoms with Gasteiger partial charge in [-0.3, -0.25) is 0 Å². The van der Waals surface area contributed by atoms with Crippen LogP contribution in [0.3, 0.4) is 0 Å². The van der Waals surface area contributed by atoms with Gasteiger partial charge < -0.3 is 9.84 Å². The lowest BCUT2D eigenvalue weighted by atomic mass is 9.84. The first-order chi connectivity index (χ1) is 13.8. The van der Waals surface area contributed by atoms with E-state index in [9.17, 15) is 75.8 Å². The van der Waals surface area contributed by atoms with Gasteiger partial charge in [0.05, 0.1) is 13.2 Å². The summed E-state index contributed by atoms with van der Waals surface area (Å²) < 4.78 is 200. The van der Waals surface area contributed by atoms with Gasteiger partial charge in [0.25, 0.3) is 0 Å². The van der Waals surface area contributed by atoms with Crippen LogP contribution in [0.4, 0.5) is 65.9 Å². The Labute approximate surface area is 167 Å². The van der Waals surface area contributed by atoms with Crippen molar-refractivity contribution in [1.82, 2.24) is 0 Å². The van der Waals surface area contributed by atoms with Crippen LogP contribution in [-0.4, -0.2) is 66.0 Å². The Hall–Kier alpha value is -1.88. The second-order valence-corrected chi connectivity index (χ2v) is 6.24. The average Bonchev–Trinajstić information content (AvgIpc) is 2.56. The van der Waals surface area contributed by atoms with Gasteiger partial charge in [0, 0.05) is 18.4 Å². The Morgan fingerprint density at radius 1 is 0.781 bits per heavy atom. The molecule has 0 aliphatic rings. The molecule has 190 valence electrons. The minimum Gasteiger partial charge on any atom is -0.466 e. The van der Waals surface area contributed by atoms with Gasteiger partial charge in [-0.25, -0.2) is 9.18 Å². The molecule has 0 rings (SSSR count). The van der Waals surface area contributed by atoms with E-state index < -0.39 is 72.2 Å². The number of rotatable bonds is 9. The number of alkyl halides is 15. The first-order valence-corrected chi connectivity index (χ1v) is 7.54. The fourth-order valence-electron chi connectivity index (χ4n) is 2.17. The number of aliphatic hydroxyl groups is 1. The van der Waals surface area contributed by atoms with Crippen molar-refractivity contribution in [2.75, 3.05) is 7.11 Å². The molecule has 0 aromatic heterocycles. The van der Waals surface area contributed by atoms with Crippen molar-refractivity contribution in [3.63, 3.8) is 0 Å². The first-order valence-electron chi connectivity index (χ1n) is 7.54. The maximum Gasteiger partial charge on any atom is 0.438 e. The topological polar surface area (TPSA) is 46.5 Å². The van der Waals surface area contributed by atoms with Gasteiger partial charge in [0.1, 0.15) is 0 Å². The molecule has 32 heavy (non-hydrogen) atoms. The fraction of sp³-hybridized carbons (Fsp3) is 0.786. The second kappa shape index (κ2) is 8.48. The number of methoxy groups -OCH3 is 1. The van der Waals surface area contributed by atoms with Crippen molar-refractivity contribution in [2.45, 2.75) is 60.7 Å². The fourth-order valence-corrected chi connectivity index (χ4v) is 2.17. The monoisotopic (exact) mass is 512 g/mol. The zero-order valence-corrected chi connectivity index (χ0v) is 15.1. The maximum atomic E-state index is 13.6. The molecule has 0 heterocycles. The molecule has 0 aromatic carbocycles. The zero-order chi connectivity index (χ0) is 26.4. The van der Waals surface area contributed by atoms with Gasteiger partial charge in [0.15, 0.2) is 0 Å². The van der Waals surface area contributed by atoms with E-state index in [1.807, 2.05) is 0 Å². The summed E-state index contributed by atoms with van der Waals surface area (Å²) in [6.07, 6.45) is -23.5. The SMILES string of the molecule is C=C(CC(O)CC(F)(F)C(F)(F)C(F)(F)C(F)(F)C(F)(C(F)(F)F)C(F)(F)F)C(=O)OC. The van der Waals surface area contributed by atoms with E-state index in [4.69, 9.17) is 0 Å². The van der Waals surface area contributed by atoms with Crippen LogP contribution in [0.5, 0.6) is 0 Å². The minimum absolute atomic E-state index is 0.676. The predicted molar refractivity (Wildman–Crippen MR) is 72.1 cm³/mol. The summed E-state index contributed by atoms with van der Waals surface area (Å²) in [5.41, 5.74) is -9.33. The Kier molecular flexibility index (Phi) is 7.98. The highest BCUT2D eigenvalue weighted by molar-refractivity contribution is 5.87. The van der Waals surface area contributed by atoms with Crippen LogP contribution < -0.4 is 0 Å². The second-order valence-electron chi connectivity index (χ2n) is 6.24. The molecular weight excluding hydrogens is 501 g/mol. The van der Waals surface area contributed by atoms with E-state index in [0.717, 1.165) is 0 Å². The van der Waals surface area contributed by atoms with Crippen molar-refractivity contribution in [3.8, 4) is 0 Å². The van der Waals surface area contributed by atoms with E-state index in [1.165, 1.54) is 0 Å². The summed E-state index contributed by atoms with van der Waals surface area (Å²) in [5, 5.41) is 9.20. The highest BCUT2D eigenvalue weighted by Crippen LogP contribution is 2.64. The molecule has 0 aliphatic carbocycles. The van der Waals surface area contributed by atoms with Crippen LogP contribution in [0.15, 0.2) is 12.2 Å². The van der Waals surface area contributed by atoms with Crippen molar-refractivity contribution < 1.29 is 80.5 Å². The van der Waals surface area contributed by atoms with E-state index >= 15 is 0 Å². The Morgan fingerprint density at radius 2 is 1.16 bits per heavy atom. The molecule has 0 bridgehead atoms. The minimum atomic E-state index is -8.52. The quantitative estimate of drug-likeness (QED) is 0.262. The van der Waals surface area contributed by atoms with Crippen molar-refractivity contribution >= 4 is 5.97 Å². The Balaban J connectivity index is 6.36. The van der Waals surface area contributed by atoms with E-state index in [-0.39, 0.29) is 0 Å².